The normalized spacial score (nSPS) is 19.8. The molecule has 1 heterocycles. The second kappa shape index (κ2) is 5.27. The fourth-order valence-electron chi connectivity index (χ4n) is 2.07. The van der Waals surface area contributed by atoms with Crippen LogP contribution in [0.5, 0.6) is 11.5 Å². The highest BCUT2D eigenvalue weighted by Gasteiger charge is 2.27. The Bertz CT molecular complexity index is 448. The number of methoxy groups -OCH3 is 2. The van der Waals surface area contributed by atoms with Crippen LogP contribution in [0.4, 0.5) is 5.69 Å². The van der Waals surface area contributed by atoms with Gasteiger partial charge in [-0.15, -0.1) is 0 Å². The minimum Gasteiger partial charge on any atom is -0.497 e. The molecule has 1 N–H and O–H groups in total. The average molecular weight is 250 g/mol. The highest BCUT2D eigenvalue weighted by molar-refractivity contribution is 5.99. The molecule has 1 atom stereocenters. The van der Waals surface area contributed by atoms with E-state index < -0.39 is 0 Å². The Morgan fingerprint density at radius 1 is 1.33 bits per heavy atom. The van der Waals surface area contributed by atoms with Crippen LogP contribution in [0, 0.1) is 0 Å². The summed E-state index contributed by atoms with van der Waals surface area (Å²) in [5.74, 6) is 1.42. The first kappa shape index (κ1) is 12.7. The van der Waals surface area contributed by atoms with Crippen LogP contribution < -0.4 is 19.7 Å². The molecule has 0 radical (unpaired) electrons. The number of ether oxygens (including phenoxy) is 2. The van der Waals surface area contributed by atoms with Gasteiger partial charge in [-0.2, -0.15) is 0 Å². The van der Waals surface area contributed by atoms with Crippen molar-refractivity contribution in [1.29, 1.82) is 0 Å². The van der Waals surface area contributed by atoms with E-state index in [1.165, 1.54) is 0 Å². The molecule has 98 valence electrons. The SMILES string of the molecule is COc1ccc(N2CCNC(C)C2=O)c(OC)c1. The quantitative estimate of drug-likeness (QED) is 0.870. The average Bonchev–Trinajstić information content (AvgIpc) is 2.41. The van der Waals surface area contributed by atoms with Gasteiger partial charge in [0.1, 0.15) is 11.5 Å². The van der Waals surface area contributed by atoms with Crippen LogP contribution in [0.15, 0.2) is 18.2 Å². The number of rotatable bonds is 3. The van der Waals surface area contributed by atoms with E-state index >= 15 is 0 Å². The van der Waals surface area contributed by atoms with Gasteiger partial charge in [0.05, 0.1) is 25.9 Å². The van der Waals surface area contributed by atoms with Crippen molar-refractivity contribution >= 4 is 11.6 Å². The van der Waals surface area contributed by atoms with Crippen LogP contribution in [0.25, 0.3) is 0 Å². The van der Waals surface area contributed by atoms with Crippen molar-refractivity contribution in [1.82, 2.24) is 5.32 Å². The Hall–Kier alpha value is -1.75. The summed E-state index contributed by atoms with van der Waals surface area (Å²) in [6.45, 7) is 3.29. The third-order valence-electron chi connectivity index (χ3n) is 3.10. The first-order valence-corrected chi connectivity index (χ1v) is 5.94. The minimum atomic E-state index is -0.162. The fraction of sp³-hybridized carbons (Fsp3) is 0.462. The van der Waals surface area contributed by atoms with Crippen LogP contribution >= 0.6 is 0 Å². The molecule has 0 spiro atoms. The zero-order valence-corrected chi connectivity index (χ0v) is 10.9. The largest absolute Gasteiger partial charge is 0.497 e. The van der Waals surface area contributed by atoms with Crippen molar-refractivity contribution in [2.45, 2.75) is 13.0 Å². The number of hydrogen-bond donors (Lipinski definition) is 1. The molecule has 0 aromatic heterocycles. The van der Waals surface area contributed by atoms with Crippen molar-refractivity contribution in [3.63, 3.8) is 0 Å². The molecule has 1 amide bonds. The van der Waals surface area contributed by atoms with Crippen LogP contribution in [0.3, 0.4) is 0 Å². The lowest BCUT2D eigenvalue weighted by Gasteiger charge is -2.32. The Balaban J connectivity index is 2.34. The third kappa shape index (κ3) is 2.26. The van der Waals surface area contributed by atoms with Crippen molar-refractivity contribution < 1.29 is 14.3 Å². The summed E-state index contributed by atoms with van der Waals surface area (Å²) in [5, 5.41) is 3.13. The highest BCUT2D eigenvalue weighted by Crippen LogP contribution is 2.32. The topological polar surface area (TPSA) is 50.8 Å². The number of nitrogens with zero attached hydrogens (tertiary/aromatic N) is 1. The van der Waals surface area contributed by atoms with Crippen LogP contribution in [0.1, 0.15) is 6.92 Å². The van der Waals surface area contributed by atoms with E-state index in [0.29, 0.717) is 18.0 Å². The lowest BCUT2D eigenvalue weighted by atomic mass is 10.1. The zero-order chi connectivity index (χ0) is 13.1. The molecule has 1 aromatic carbocycles. The Morgan fingerprint density at radius 2 is 2.11 bits per heavy atom. The van der Waals surface area contributed by atoms with E-state index in [0.717, 1.165) is 12.2 Å². The molecule has 0 bridgehead atoms. The van der Waals surface area contributed by atoms with E-state index in [9.17, 15) is 4.79 Å². The molecular weight excluding hydrogens is 232 g/mol. The Kier molecular flexibility index (Phi) is 3.72. The van der Waals surface area contributed by atoms with Gasteiger partial charge in [-0.05, 0) is 19.1 Å². The number of anilines is 1. The number of piperazine rings is 1. The van der Waals surface area contributed by atoms with E-state index in [4.69, 9.17) is 9.47 Å². The second-order valence-electron chi connectivity index (χ2n) is 4.20. The fourth-order valence-corrected chi connectivity index (χ4v) is 2.07. The minimum absolute atomic E-state index is 0.0599. The van der Waals surface area contributed by atoms with E-state index in [1.54, 1.807) is 25.2 Å². The maximum atomic E-state index is 12.1. The van der Waals surface area contributed by atoms with E-state index in [2.05, 4.69) is 5.32 Å². The summed E-state index contributed by atoms with van der Waals surface area (Å²) in [4.78, 5) is 13.9. The van der Waals surface area contributed by atoms with Crippen LogP contribution in [-0.2, 0) is 4.79 Å². The van der Waals surface area contributed by atoms with Gasteiger partial charge in [0, 0.05) is 19.2 Å². The third-order valence-corrected chi connectivity index (χ3v) is 3.10. The molecule has 1 aliphatic rings. The van der Waals surface area contributed by atoms with Gasteiger partial charge < -0.3 is 19.7 Å². The molecule has 0 aliphatic carbocycles. The number of amides is 1. The van der Waals surface area contributed by atoms with Crippen molar-refractivity contribution in [2.75, 3.05) is 32.2 Å². The summed E-state index contributed by atoms with van der Waals surface area (Å²) in [7, 11) is 3.20. The molecular formula is C13H18N2O3. The number of carbonyl (C=O) groups excluding carboxylic acids is 1. The first-order chi connectivity index (χ1) is 8.67. The van der Waals surface area contributed by atoms with Gasteiger partial charge in [-0.1, -0.05) is 0 Å². The van der Waals surface area contributed by atoms with Crippen LogP contribution in [0.2, 0.25) is 0 Å². The zero-order valence-electron chi connectivity index (χ0n) is 10.9. The van der Waals surface area contributed by atoms with Crippen LogP contribution in [-0.4, -0.2) is 39.3 Å². The van der Waals surface area contributed by atoms with Gasteiger partial charge >= 0.3 is 0 Å². The second-order valence-corrected chi connectivity index (χ2v) is 4.20. The van der Waals surface area contributed by atoms with E-state index in [-0.39, 0.29) is 11.9 Å². The molecule has 5 heteroatoms. The maximum absolute atomic E-state index is 12.1. The molecule has 2 rings (SSSR count). The summed E-state index contributed by atoms with van der Waals surface area (Å²) in [5.41, 5.74) is 0.789. The van der Waals surface area contributed by atoms with Crippen molar-refractivity contribution in [2.24, 2.45) is 0 Å². The van der Waals surface area contributed by atoms with E-state index in [1.807, 2.05) is 19.1 Å². The maximum Gasteiger partial charge on any atom is 0.243 e. The van der Waals surface area contributed by atoms with Crippen molar-refractivity contribution in [3.05, 3.63) is 18.2 Å². The Labute approximate surface area is 107 Å². The summed E-state index contributed by atoms with van der Waals surface area (Å²) in [6, 6.07) is 5.31. The molecule has 1 unspecified atom stereocenters. The summed E-state index contributed by atoms with van der Waals surface area (Å²) in [6.07, 6.45) is 0. The highest BCUT2D eigenvalue weighted by atomic mass is 16.5. The predicted molar refractivity (Wildman–Crippen MR) is 69.4 cm³/mol. The molecule has 0 saturated carbocycles. The summed E-state index contributed by atoms with van der Waals surface area (Å²) >= 11 is 0. The molecule has 18 heavy (non-hydrogen) atoms. The van der Waals surface area contributed by atoms with Gasteiger partial charge in [-0.25, -0.2) is 0 Å². The molecule has 1 fully saturated rings. The van der Waals surface area contributed by atoms with Gasteiger partial charge in [-0.3, -0.25) is 4.79 Å². The number of benzene rings is 1. The van der Waals surface area contributed by atoms with Crippen molar-refractivity contribution in [3.8, 4) is 11.5 Å². The molecule has 1 saturated heterocycles. The summed E-state index contributed by atoms with van der Waals surface area (Å²) < 4.78 is 10.5. The standard InChI is InChI=1S/C13H18N2O3/c1-9-13(16)15(7-6-14-9)11-5-4-10(17-2)8-12(11)18-3/h4-5,8-9,14H,6-7H2,1-3H3. The van der Waals surface area contributed by atoms with Gasteiger partial charge in [0.15, 0.2) is 0 Å². The monoisotopic (exact) mass is 250 g/mol. The smallest absolute Gasteiger partial charge is 0.243 e. The lowest BCUT2D eigenvalue weighted by molar-refractivity contribution is -0.121. The number of nitrogens with one attached hydrogen (secondary N) is 1. The van der Waals surface area contributed by atoms with Gasteiger partial charge in [0.25, 0.3) is 0 Å². The number of hydrogen-bond acceptors (Lipinski definition) is 4. The molecule has 1 aromatic rings. The predicted octanol–water partition coefficient (Wildman–Crippen LogP) is 1.03. The Morgan fingerprint density at radius 3 is 2.78 bits per heavy atom. The molecule has 1 aliphatic heterocycles. The van der Waals surface area contributed by atoms with Gasteiger partial charge in [0.2, 0.25) is 5.91 Å². The lowest BCUT2D eigenvalue weighted by Crippen LogP contribution is -2.53. The first-order valence-electron chi connectivity index (χ1n) is 5.94. The molecule has 5 nitrogen and oxygen atoms in total. The number of carbonyl (C=O) groups is 1.